The molecule has 4 heteroatoms. The second-order valence-corrected chi connectivity index (χ2v) is 3.89. The fraction of sp³-hybridized carbons (Fsp3) is 0.143. The van der Waals surface area contributed by atoms with Crippen molar-refractivity contribution in [3.63, 3.8) is 0 Å². The van der Waals surface area contributed by atoms with Crippen molar-refractivity contribution < 1.29 is 17.6 Å². The van der Waals surface area contributed by atoms with Crippen LogP contribution in [0.1, 0.15) is 16.7 Å². The normalized spacial score (nSPS) is 11.6. The molecule has 2 aromatic rings. The third-order valence-corrected chi connectivity index (χ3v) is 2.57. The Morgan fingerprint density at radius 3 is 2.22 bits per heavy atom. The molecule has 0 saturated carbocycles. The molecule has 1 radical (unpaired) electrons. The lowest BCUT2D eigenvalue weighted by Gasteiger charge is -2.08. The van der Waals surface area contributed by atoms with Crippen LogP contribution in [0.4, 0.5) is 17.6 Å². The lowest BCUT2D eigenvalue weighted by molar-refractivity contribution is -0.137. The zero-order chi connectivity index (χ0) is 13.2. The van der Waals surface area contributed by atoms with Gasteiger partial charge in [-0.1, -0.05) is 18.2 Å². The Labute approximate surface area is 102 Å². The van der Waals surface area contributed by atoms with Crippen LogP contribution in [0.2, 0.25) is 0 Å². The minimum absolute atomic E-state index is 0.251. The summed E-state index contributed by atoms with van der Waals surface area (Å²) in [7, 11) is 0. The monoisotopic (exact) mass is 253 g/mol. The fourth-order valence-corrected chi connectivity index (χ4v) is 1.61. The summed E-state index contributed by atoms with van der Waals surface area (Å²) in [5.74, 6) is -0.381. The van der Waals surface area contributed by atoms with Gasteiger partial charge in [-0.3, -0.25) is 0 Å². The summed E-state index contributed by atoms with van der Waals surface area (Å²) in [5, 5.41) is 0. The maximum Gasteiger partial charge on any atom is 0.416 e. The molecule has 0 aromatic heterocycles. The van der Waals surface area contributed by atoms with E-state index in [0.717, 1.165) is 12.1 Å². The first-order valence-electron chi connectivity index (χ1n) is 5.27. The van der Waals surface area contributed by atoms with Crippen molar-refractivity contribution in [2.45, 2.75) is 12.6 Å². The highest BCUT2D eigenvalue weighted by molar-refractivity contribution is 5.30. The molecule has 0 bridgehead atoms. The molecule has 0 atom stereocenters. The fourth-order valence-electron chi connectivity index (χ4n) is 1.61. The minimum atomic E-state index is -4.34. The highest BCUT2D eigenvalue weighted by Crippen LogP contribution is 2.29. The first kappa shape index (κ1) is 12.6. The van der Waals surface area contributed by atoms with Crippen LogP contribution in [-0.2, 0) is 12.6 Å². The van der Waals surface area contributed by atoms with E-state index in [-0.39, 0.29) is 12.2 Å². The van der Waals surface area contributed by atoms with E-state index >= 15 is 0 Å². The molecule has 0 aliphatic heterocycles. The molecule has 0 N–H and O–H groups in total. The molecule has 0 nitrogen and oxygen atoms in total. The van der Waals surface area contributed by atoms with Gasteiger partial charge in [0, 0.05) is 6.42 Å². The number of rotatable bonds is 2. The Morgan fingerprint density at radius 1 is 1.00 bits per heavy atom. The summed E-state index contributed by atoms with van der Waals surface area (Å²) in [6.07, 6.45) is -4.09. The summed E-state index contributed by atoms with van der Waals surface area (Å²) in [4.78, 5) is 0. The van der Waals surface area contributed by atoms with Crippen LogP contribution in [0.25, 0.3) is 0 Å². The molecule has 93 valence electrons. The first-order chi connectivity index (χ1) is 8.47. The molecule has 0 amide bonds. The topological polar surface area (TPSA) is 0 Å². The van der Waals surface area contributed by atoms with E-state index in [1.54, 1.807) is 0 Å². The van der Waals surface area contributed by atoms with Gasteiger partial charge in [0.1, 0.15) is 5.82 Å². The Hall–Kier alpha value is -1.84. The average molecular weight is 253 g/mol. The van der Waals surface area contributed by atoms with Crippen molar-refractivity contribution >= 4 is 0 Å². The SMILES string of the molecule is Fc1cc[c]cc1Cc1ccc(C(F)(F)F)cc1. The van der Waals surface area contributed by atoms with Gasteiger partial charge in [-0.25, -0.2) is 4.39 Å². The molecule has 2 rings (SSSR count). The Kier molecular flexibility index (Phi) is 3.36. The van der Waals surface area contributed by atoms with E-state index in [0.29, 0.717) is 11.1 Å². The molecule has 0 heterocycles. The van der Waals surface area contributed by atoms with Gasteiger partial charge in [0.2, 0.25) is 0 Å². The van der Waals surface area contributed by atoms with Crippen LogP contribution < -0.4 is 0 Å². The summed E-state index contributed by atoms with van der Waals surface area (Å²) in [5.41, 5.74) is 0.338. The molecule has 0 saturated heterocycles. The van der Waals surface area contributed by atoms with Crippen LogP contribution in [0.5, 0.6) is 0 Å². The number of hydrogen-bond acceptors (Lipinski definition) is 0. The van der Waals surface area contributed by atoms with Crippen molar-refractivity contribution in [2.75, 3.05) is 0 Å². The van der Waals surface area contributed by atoms with Gasteiger partial charge in [0.25, 0.3) is 0 Å². The van der Waals surface area contributed by atoms with Crippen molar-refractivity contribution in [3.05, 3.63) is 71.0 Å². The second kappa shape index (κ2) is 4.80. The smallest absolute Gasteiger partial charge is 0.207 e. The third-order valence-electron chi connectivity index (χ3n) is 2.57. The van der Waals surface area contributed by atoms with Crippen LogP contribution in [0.15, 0.2) is 42.5 Å². The van der Waals surface area contributed by atoms with Crippen molar-refractivity contribution in [2.24, 2.45) is 0 Å². The molecule has 0 aliphatic carbocycles. The maximum absolute atomic E-state index is 13.3. The summed E-state index contributed by atoms with van der Waals surface area (Å²) in [6.45, 7) is 0. The minimum Gasteiger partial charge on any atom is -0.207 e. The van der Waals surface area contributed by atoms with E-state index in [2.05, 4.69) is 6.07 Å². The van der Waals surface area contributed by atoms with E-state index in [9.17, 15) is 17.6 Å². The number of hydrogen-bond donors (Lipinski definition) is 0. The van der Waals surface area contributed by atoms with Gasteiger partial charge in [0.15, 0.2) is 0 Å². The Bertz CT molecular complexity index is 526. The number of alkyl halides is 3. The lowest BCUT2D eigenvalue weighted by atomic mass is 10.0. The second-order valence-electron chi connectivity index (χ2n) is 3.89. The molecule has 0 spiro atoms. The van der Waals surface area contributed by atoms with Gasteiger partial charge < -0.3 is 0 Å². The van der Waals surface area contributed by atoms with Gasteiger partial charge in [-0.15, -0.1) is 0 Å². The molecule has 2 aromatic carbocycles. The highest BCUT2D eigenvalue weighted by Gasteiger charge is 2.29. The zero-order valence-electron chi connectivity index (χ0n) is 9.26. The van der Waals surface area contributed by atoms with E-state index in [1.807, 2.05) is 0 Å². The first-order valence-corrected chi connectivity index (χ1v) is 5.27. The van der Waals surface area contributed by atoms with Gasteiger partial charge in [0.05, 0.1) is 5.56 Å². The average Bonchev–Trinajstić information content (AvgIpc) is 2.32. The molecule has 18 heavy (non-hydrogen) atoms. The predicted molar refractivity (Wildman–Crippen MR) is 59.5 cm³/mol. The van der Waals surface area contributed by atoms with Crippen molar-refractivity contribution in [1.29, 1.82) is 0 Å². The molecular weight excluding hydrogens is 244 g/mol. The van der Waals surface area contributed by atoms with Crippen molar-refractivity contribution in [1.82, 2.24) is 0 Å². The van der Waals surface area contributed by atoms with E-state index in [1.165, 1.54) is 30.3 Å². The molecule has 0 aliphatic rings. The standard InChI is InChI=1S/C14H9F4/c15-13-4-2-1-3-11(13)9-10-5-7-12(8-6-10)14(16,17)18/h2-8H,9H2. The Balaban J connectivity index is 2.19. The van der Waals surface area contributed by atoms with Crippen LogP contribution >= 0.6 is 0 Å². The molecule has 0 unspecified atom stereocenters. The third kappa shape index (κ3) is 2.88. The van der Waals surface area contributed by atoms with E-state index < -0.39 is 11.7 Å². The number of halogens is 4. The predicted octanol–water partition coefficient (Wildman–Crippen LogP) is 4.24. The zero-order valence-corrected chi connectivity index (χ0v) is 9.26. The molecule has 0 fully saturated rings. The van der Waals surface area contributed by atoms with E-state index in [4.69, 9.17) is 0 Å². The summed E-state index contributed by atoms with van der Waals surface area (Å²) < 4.78 is 50.4. The van der Waals surface area contributed by atoms with Crippen LogP contribution in [-0.4, -0.2) is 0 Å². The highest BCUT2D eigenvalue weighted by atomic mass is 19.4. The largest absolute Gasteiger partial charge is 0.416 e. The van der Waals surface area contributed by atoms with Gasteiger partial charge in [-0.05, 0) is 41.5 Å². The quantitative estimate of drug-likeness (QED) is 0.702. The summed E-state index contributed by atoms with van der Waals surface area (Å²) >= 11 is 0. The van der Waals surface area contributed by atoms with Crippen molar-refractivity contribution in [3.8, 4) is 0 Å². The van der Waals surface area contributed by atoms with Crippen LogP contribution in [0.3, 0.4) is 0 Å². The number of benzene rings is 2. The van der Waals surface area contributed by atoms with Gasteiger partial charge >= 0.3 is 6.18 Å². The Morgan fingerprint density at radius 2 is 1.67 bits per heavy atom. The maximum atomic E-state index is 13.3. The molecular formula is C14H9F4. The lowest BCUT2D eigenvalue weighted by Crippen LogP contribution is -2.04. The van der Waals surface area contributed by atoms with Crippen LogP contribution in [0, 0.1) is 11.9 Å². The van der Waals surface area contributed by atoms with Gasteiger partial charge in [-0.2, -0.15) is 13.2 Å². The summed E-state index contributed by atoms with van der Waals surface area (Å²) in [6, 6.07) is 11.7.